The standard InChI is InChI=1S/C25H18N4O4/c30-25(26-11-5-6-16-12-21-23(29(31)32)14-28-24(21)27-13-16)33-15-22-19-9-3-1-7-17(19)18-8-2-4-10-20(18)22/h1-4,7-10,12-14,22H,11,15H2,(H,26,30)(H,27,28). The predicted molar refractivity (Wildman–Crippen MR) is 123 cm³/mol. The Kier molecular flexibility index (Phi) is 5.21. The first-order chi connectivity index (χ1) is 16.1. The molecule has 5 rings (SSSR count). The van der Waals surface area contributed by atoms with Crippen LogP contribution >= 0.6 is 0 Å². The summed E-state index contributed by atoms with van der Waals surface area (Å²) in [5.74, 6) is 5.66. The van der Waals surface area contributed by atoms with E-state index in [1.165, 1.54) is 23.5 Å². The number of alkyl carbamates (subject to hydrolysis) is 1. The van der Waals surface area contributed by atoms with Crippen LogP contribution < -0.4 is 5.32 Å². The Morgan fingerprint density at radius 3 is 2.55 bits per heavy atom. The van der Waals surface area contributed by atoms with Gasteiger partial charge in [-0.1, -0.05) is 60.4 Å². The molecule has 0 saturated carbocycles. The molecule has 1 aliphatic rings. The molecule has 1 amide bonds. The van der Waals surface area contributed by atoms with Crippen LogP contribution in [0.4, 0.5) is 10.5 Å². The number of carbonyl (C=O) groups is 1. The Hall–Kier alpha value is -4.64. The van der Waals surface area contributed by atoms with E-state index in [0.29, 0.717) is 16.6 Å². The molecule has 0 radical (unpaired) electrons. The van der Waals surface area contributed by atoms with Gasteiger partial charge in [0.2, 0.25) is 0 Å². The van der Waals surface area contributed by atoms with Crippen molar-refractivity contribution in [1.82, 2.24) is 15.3 Å². The maximum atomic E-state index is 12.2. The van der Waals surface area contributed by atoms with Gasteiger partial charge in [-0.25, -0.2) is 9.78 Å². The number of fused-ring (bicyclic) bond motifs is 4. The molecule has 4 aromatic rings. The van der Waals surface area contributed by atoms with Crippen LogP contribution in [-0.2, 0) is 4.74 Å². The summed E-state index contributed by atoms with van der Waals surface area (Å²) in [4.78, 5) is 29.7. The zero-order chi connectivity index (χ0) is 22.8. The molecule has 0 fully saturated rings. The van der Waals surface area contributed by atoms with Crippen LogP contribution in [0, 0.1) is 22.0 Å². The lowest BCUT2D eigenvalue weighted by Crippen LogP contribution is -2.26. The fourth-order valence-electron chi connectivity index (χ4n) is 4.12. The molecule has 2 heterocycles. The van der Waals surface area contributed by atoms with E-state index >= 15 is 0 Å². The van der Waals surface area contributed by atoms with Crippen LogP contribution in [-0.4, -0.2) is 34.1 Å². The first kappa shape index (κ1) is 20.3. The highest BCUT2D eigenvalue weighted by Gasteiger charge is 2.28. The van der Waals surface area contributed by atoms with Gasteiger partial charge in [-0.2, -0.15) is 0 Å². The van der Waals surface area contributed by atoms with Gasteiger partial charge in [-0.05, 0) is 28.3 Å². The summed E-state index contributed by atoms with van der Waals surface area (Å²) in [7, 11) is 0. The number of benzene rings is 2. The van der Waals surface area contributed by atoms with Crippen molar-refractivity contribution < 1.29 is 14.5 Å². The minimum atomic E-state index is -0.555. The Balaban J connectivity index is 1.20. The number of nitro groups is 1. The third-order valence-electron chi connectivity index (χ3n) is 5.60. The van der Waals surface area contributed by atoms with E-state index in [1.807, 2.05) is 24.3 Å². The molecule has 2 aromatic carbocycles. The van der Waals surface area contributed by atoms with E-state index in [0.717, 1.165) is 11.1 Å². The van der Waals surface area contributed by atoms with Crippen LogP contribution in [0.3, 0.4) is 0 Å². The lowest BCUT2D eigenvalue weighted by atomic mass is 9.98. The minimum absolute atomic E-state index is 0.0100. The summed E-state index contributed by atoms with van der Waals surface area (Å²) in [5.41, 5.74) is 5.50. The van der Waals surface area contributed by atoms with E-state index in [-0.39, 0.29) is 24.8 Å². The summed E-state index contributed by atoms with van der Waals surface area (Å²) >= 11 is 0. The third-order valence-corrected chi connectivity index (χ3v) is 5.60. The first-order valence-corrected chi connectivity index (χ1v) is 10.3. The Bertz CT molecular complexity index is 1400. The topological polar surface area (TPSA) is 110 Å². The molecule has 8 heteroatoms. The van der Waals surface area contributed by atoms with Gasteiger partial charge in [0.25, 0.3) is 5.69 Å². The molecule has 1 aliphatic carbocycles. The summed E-state index contributed by atoms with van der Waals surface area (Å²) in [6.45, 7) is 0.301. The molecule has 0 saturated heterocycles. The highest BCUT2D eigenvalue weighted by molar-refractivity contribution is 5.87. The molecule has 0 atom stereocenters. The van der Waals surface area contributed by atoms with Gasteiger partial charge >= 0.3 is 6.09 Å². The van der Waals surface area contributed by atoms with E-state index in [9.17, 15) is 14.9 Å². The number of hydrogen-bond donors (Lipinski definition) is 2. The summed E-state index contributed by atoms with van der Waals surface area (Å²) in [6, 6.07) is 17.9. The van der Waals surface area contributed by atoms with Crippen LogP contribution in [0.2, 0.25) is 0 Å². The van der Waals surface area contributed by atoms with Crippen molar-refractivity contribution in [3.63, 3.8) is 0 Å². The fraction of sp³-hybridized carbons (Fsp3) is 0.120. The smallest absolute Gasteiger partial charge is 0.407 e. The quantitative estimate of drug-likeness (QED) is 0.279. The second-order valence-corrected chi connectivity index (χ2v) is 7.53. The Morgan fingerprint density at radius 1 is 1.15 bits per heavy atom. The zero-order valence-electron chi connectivity index (χ0n) is 17.4. The van der Waals surface area contributed by atoms with Gasteiger partial charge in [0.15, 0.2) is 0 Å². The van der Waals surface area contributed by atoms with Crippen molar-refractivity contribution in [3.8, 4) is 23.0 Å². The van der Waals surface area contributed by atoms with Crippen molar-refractivity contribution in [2.45, 2.75) is 5.92 Å². The van der Waals surface area contributed by atoms with Crippen molar-refractivity contribution in [1.29, 1.82) is 0 Å². The molecule has 2 N–H and O–H groups in total. The Labute approximate surface area is 188 Å². The maximum Gasteiger partial charge on any atom is 0.407 e. The predicted octanol–water partition coefficient (Wildman–Crippen LogP) is 4.36. The fourth-order valence-corrected chi connectivity index (χ4v) is 4.12. The van der Waals surface area contributed by atoms with E-state index in [2.05, 4.69) is 51.4 Å². The first-order valence-electron chi connectivity index (χ1n) is 10.3. The van der Waals surface area contributed by atoms with Gasteiger partial charge in [0.1, 0.15) is 12.3 Å². The summed E-state index contributed by atoms with van der Waals surface area (Å²) < 4.78 is 5.47. The summed E-state index contributed by atoms with van der Waals surface area (Å²) in [5, 5.41) is 14.1. The van der Waals surface area contributed by atoms with Gasteiger partial charge in [-0.15, -0.1) is 0 Å². The number of rotatable bonds is 4. The van der Waals surface area contributed by atoms with Crippen molar-refractivity contribution in [3.05, 3.63) is 93.8 Å². The number of amides is 1. The average molecular weight is 438 g/mol. The molecule has 162 valence electrons. The highest BCUT2D eigenvalue weighted by Crippen LogP contribution is 2.44. The van der Waals surface area contributed by atoms with E-state index in [4.69, 9.17) is 4.74 Å². The zero-order valence-corrected chi connectivity index (χ0v) is 17.4. The molecule has 33 heavy (non-hydrogen) atoms. The van der Waals surface area contributed by atoms with Gasteiger partial charge in [-0.3, -0.25) is 10.1 Å². The van der Waals surface area contributed by atoms with Gasteiger partial charge in [0.05, 0.1) is 23.1 Å². The number of carbonyl (C=O) groups excluding carboxylic acids is 1. The molecule has 0 unspecified atom stereocenters. The minimum Gasteiger partial charge on any atom is -0.449 e. The molecular formula is C25H18N4O4. The van der Waals surface area contributed by atoms with E-state index in [1.54, 1.807) is 6.07 Å². The van der Waals surface area contributed by atoms with Gasteiger partial charge < -0.3 is 15.0 Å². The van der Waals surface area contributed by atoms with E-state index < -0.39 is 11.0 Å². The van der Waals surface area contributed by atoms with Gasteiger partial charge in [0, 0.05) is 17.7 Å². The SMILES string of the molecule is O=C(NCC#Cc1cnc2[nH]cc([N+](=O)[O-])c2c1)OCC1c2ccccc2-c2ccccc21. The number of aromatic amines is 1. The molecule has 0 spiro atoms. The number of nitrogens with one attached hydrogen (secondary N) is 2. The molecular weight excluding hydrogens is 420 g/mol. The molecule has 0 bridgehead atoms. The summed E-state index contributed by atoms with van der Waals surface area (Å²) in [6.07, 6.45) is 2.26. The average Bonchev–Trinajstić information content (AvgIpc) is 3.40. The Morgan fingerprint density at radius 2 is 1.85 bits per heavy atom. The second-order valence-electron chi connectivity index (χ2n) is 7.53. The monoisotopic (exact) mass is 438 g/mol. The molecule has 0 aliphatic heterocycles. The molecule has 8 nitrogen and oxygen atoms in total. The lowest BCUT2D eigenvalue weighted by molar-refractivity contribution is -0.383. The van der Waals surface area contributed by atoms with Crippen molar-refractivity contribution in [2.24, 2.45) is 0 Å². The number of pyridine rings is 1. The molecule has 2 aromatic heterocycles. The normalized spacial score (nSPS) is 11.9. The van der Waals surface area contributed by atoms with Crippen molar-refractivity contribution >= 4 is 22.8 Å². The number of nitrogens with zero attached hydrogens (tertiary/aromatic N) is 2. The largest absolute Gasteiger partial charge is 0.449 e. The third kappa shape index (κ3) is 3.88. The van der Waals surface area contributed by atoms with Crippen LogP contribution in [0.15, 0.2) is 67.0 Å². The van der Waals surface area contributed by atoms with Crippen LogP contribution in [0.5, 0.6) is 0 Å². The maximum absolute atomic E-state index is 12.2. The number of ether oxygens (including phenoxy) is 1. The van der Waals surface area contributed by atoms with Crippen molar-refractivity contribution in [2.75, 3.05) is 13.2 Å². The highest BCUT2D eigenvalue weighted by atomic mass is 16.6. The second kappa shape index (κ2) is 8.48. The number of H-pyrrole nitrogens is 1. The van der Waals surface area contributed by atoms with Crippen LogP contribution in [0.1, 0.15) is 22.6 Å². The lowest BCUT2D eigenvalue weighted by Gasteiger charge is -2.14. The van der Waals surface area contributed by atoms with Crippen LogP contribution in [0.25, 0.3) is 22.2 Å². The number of hydrogen-bond acceptors (Lipinski definition) is 5. The number of aromatic nitrogens is 2.